The molecule has 1 fully saturated rings. The minimum absolute atomic E-state index is 0.147. The summed E-state index contributed by atoms with van der Waals surface area (Å²) in [6.07, 6.45) is 0.900. The first-order valence-corrected chi connectivity index (χ1v) is 6.12. The number of carbonyl (C=O) groups excluding carboxylic acids is 1. The first-order valence-electron chi connectivity index (χ1n) is 6.12. The number of cyclic esters (lactones) is 1. The summed E-state index contributed by atoms with van der Waals surface area (Å²) in [5, 5.41) is 4.39. The van der Waals surface area contributed by atoms with Gasteiger partial charge in [-0.15, -0.1) is 0 Å². The quantitative estimate of drug-likeness (QED) is 0.487. The van der Waals surface area contributed by atoms with E-state index < -0.39 is 12.2 Å². The maximum Gasteiger partial charge on any atom is 0.414 e. The van der Waals surface area contributed by atoms with Crippen molar-refractivity contribution in [2.75, 3.05) is 18.0 Å². The monoisotopic (exact) mass is 269 g/mol. The molecule has 0 N–H and O–H groups in total. The van der Waals surface area contributed by atoms with Crippen molar-refractivity contribution >= 4 is 22.7 Å². The Morgan fingerprint density at radius 2 is 2.40 bits per heavy atom. The topological polar surface area (TPSA) is 91.2 Å². The third kappa shape index (κ3) is 2.22. The Kier molecular flexibility index (Phi) is 3.10. The fraction of sp³-hybridized carbons (Fsp3) is 0.231. The van der Waals surface area contributed by atoms with Gasteiger partial charge in [0.25, 0.3) is 0 Å². The zero-order valence-corrected chi connectivity index (χ0v) is 10.5. The van der Waals surface area contributed by atoms with Crippen LogP contribution in [0.4, 0.5) is 10.5 Å². The van der Waals surface area contributed by atoms with Crippen LogP contribution in [0, 0.1) is 0 Å². The van der Waals surface area contributed by atoms with Crippen LogP contribution in [0.25, 0.3) is 21.3 Å². The van der Waals surface area contributed by atoms with Gasteiger partial charge in [-0.3, -0.25) is 9.88 Å². The number of pyridine rings is 1. The number of fused-ring (bicyclic) bond motifs is 1. The highest BCUT2D eigenvalue weighted by molar-refractivity contribution is 5.93. The van der Waals surface area contributed by atoms with Crippen molar-refractivity contribution in [1.29, 1.82) is 0 Å². The average Bonchev–Trinajstić information content (AvgIpc) is 2.85. The van der Waals surface area contributed by atoms with Gasteiger partial charge in [-0.25, -0.2) is 4.79 Å². The van der Waals surface area contributed by atoms with Crippen molar-refractivity contribution in [3.63, 3.8) is 0 Å². The van der Waals surface area contributed by atoms with Gasteiger partial charge in [-0.05, 0) is 29.8 Å². The summed E-state index contributed by atoms with van der Waals surface area (Å²) in [5.74, 6) is 0. The summed E-state index contributed by atoms with van der Waals surface area (Å²) >= 11 is 0. The molecule has 0 spiro atoms. The third-order valence-electron chi connectivity index (χ3n) is 3.12. The molecule has 1 saturated heterocycles. The van der Waals surface area contributed by atoms with Crippen LogP contribution in [0.1, 0.15) is 0 Å². The summed E-state index contributed by atoms with van der Waals surface area (Å²) < 4.78 is 5.15. The summed E-state index contributed by atoms with van der Waals surface area (Å²) in [6.45, 7) is 0.525. The van der Waals surface area contributed by atoms with Crippen LogP contribution in [0.15, 0.2) is 41.6 Å². The highest BCUT2D eigenvalue weighted by Gasteiger charge is 2.31. The van der Waals surface area contributed by atoms with Crippen LogP contribution in [0.3, 0.4) is 0 Å². The lowest BCUT2D eigenvalue weighted by Crippen LogP contribution is -2.25. The molecule has 2 heterocycles. The van der Waals surface area contributed by atoms with Crippen molar-refractivity contribution < 1.29 is 9.53 Å². The molecule has 1 aromatic carbocycles. The van der Waals surface area contributed by atoms with E-state index in [0.29, 0.717) is 6.54 Å². The van der Waals surface area contributed by atoms with E-state index in [1.807, 2.05) is 30.3 Å². The Bertz CT molecular complexity index is 711. The molecule has 0 radical (unpaired) electrons. The summed E-state index contributed by atoms with van der Waals surface area (Å²) in [6, 6.07) is 9.36. The Hall–Kier alpha value is -2.79. The molecule has 7 heteroatoms. The zero-order chi connectivity index (χ0) is 13.9. The van der Waals surface area contributed by atoms with E-state index in [4.69, 9.17) is 10.3 Å². The van der Waals surface area contributed by atoms with Gasteiger partial charge in [0.05, 0.1) is 18.6 Å². The molecule has 100 valence electrons. The molecule has 0 unspecified atom stereocenters. The number of benzene rings is 1. The van der Waals surface area contributed by atoms with Gasteiger partial charge in [-0.2, -0.15) is 0 Å². The molecule has 2 aromatic rings. The number of amides is 1. The second-order valence-corrected chi connectivity index (χ2v) is 4.41. The smallest absolute Gasteiger partial charge is 0.414 e. The van der Waals surface area contributed by atoms with E-state index in [1.165, 1.54) is 4.90 Å². The minimum Gasteiger partial charge on any atom is -0.444 e. The Morgan fingerprint density at radius 1 is 1.50 bits per heavy atom. The number of rotatable bonds is 3. The van der Waals surface area contributed by atoms with Crippen LogP contribution >= 0.6 is 0 Å². The van der Waals surface area contributed by atoms with Crippen LogP contribution in [-0.4, -0.2) is 30.3 Å². The van der Waals surface area contributed by atoms with Crippen molar-refractivity contribution in [2.45, 2.75) is 6.10 Å². The largest absolute Gasteiger partial charge is 0.444 e. The number of ether oxygens (including phenoxy) is 1. The molecule has 3 rings (SSSR count). The van der Waals surface area contributed by atoms with Crippen LogP contribution in [0.5, 0.6) is 0 Å². The summed E-state index contributed by atoms with van der Waals surface area (Å²) in [4.78, 5) is 20.3. The second kappa shape index (κ2) is 5.07. The lowest BCUT2D eigenvalue weighted by Gasteiger charge is -2.13. The highest BCUT2D eigenvalue weighted by Crippen LogP contribution is 2.25. The molecule has 1 amide bonds. The molecular weight excluding hydrogens is 258 g/mol. The van der Waals surface area contributed by atoms with Gasteiger partial charge in [0, 0.05) is 22.2 Å². The predicted octanol–water partition coefficient (Wildman–Crippen LogP) is 2.87. The first kappa shape index (κ1) is 12.3. The van der Waals surface area contributed by atoms with Gasteiger partial charge in [0.15, 0.2) is 0 Å². The van der Waals surface area contributed by atoms with E-state index in [-0.39, 0.29) is 6.54 Å². The van der Waals surface area contributed by atoms with Crippen molar-refractivity contribution in [2.24, 2.45) is 5.11 Å². The minimum atomic E-state index is -0.425. The highest BCUT2D eigenvalue weighted by atomic mass is 16.6. The lowest BCUT2D eigenvalue weighted by atomic mass is 10.2. The molecule has 1 aliphatic heterocycles. The first-order chi connectivity index (χ1) is 9.78. The maximum atomic E-state index is 11.8. The Balaban J connectivity index is 1.87. The van der Waals surface area contributed by atoms with Crippen molar-refractivity contribution in [3.05, 3.63) is 47.0 Å². The second-order valence-electron chi connectivity index (χ2n) is 4.41. The van der Waals surface area contributed by atoms with Gasteiger partial charge < -0.3 is 4.74 Å². The fourth-order valence-electron chi connectivity index (χ4n) is 2.19. The molecule has 1 aliphatic rings. The number of aromatic nitrogens is 1. The standard InChI is InChI=1S/C13H11N5O2/c14-17-16-7-11-8-18(13(19)20-11)10-3-4-12-9(6-10)2-1-5-15-12/h1-6,11H,7-8H2/t11-/m0/s1. The van der Waals surface area contributed by atoms with Gasteiger partial charge >= 0.3 is 6.09 Å². The zero-order valence-electron chi connectivity index (χ0n) is 10.5. The van der Waals surface area contributed by atoms with E-state index in [2.05, 4.69) is 15.0 Å². The number of anilines is 1. The average molecular weight is 269 g/mol. The summed E-state index contributed by atoms with van der Waals surface area (Å²) in [5.41, 5.74) is 9.91. The fourth-order valence-corrected chi connectivity index (χ4v) is 2.19. The number of carbonyl (C=O) groups is 1. The van der Waals surface area contributed by atoms with E-state index in [1.54, 1.807) is 6.20 Å². The number of hydrogen-bond acceptors (Lipinski definition) is 4. The molecular formula is C13H11N5O2. The van der Waals surface area contributed by atoms with E-state index >= 15 is 0 Å². The molecule has 0 aliphatic carbocycles. The van der Waals surface area contributed by atoms with Crippen LogP contribution in [-0.2, 0) is 4.74 Å². The van der Waals surface area contributed by atoms with Crippen LogP contribution < -0.4 is 4.90 Å². The number of azide groups is 1. The number of hydrogen-bond donors (Lipinski definition) is 0. The van der Waals surface area contributed by atoms with Gasteiger partial charge in [0.1, 0.15) is 6.10 Å². The SMILES string of the molecule is [N-]=[N+]=NC[C@H]1CN(c2ccc3ncccc3c2)C(=O)O1. The predicted molar refractivity (Wildman–Crippen MR) is 73.4 cm³/mol. The maximum absolute atomic E-state index is 11.8. The molecule has 1 aromatic heterocycles. The van der Waals surface area contributed by atoms with Crippen molar-refractivity contribution in [3.8, 4) is 0 Å². The van der Waals surface area contributed by atoms with Crippen LogP contribution in [0.2, 0.25) is 0 Å². The Morgan fingerprint density at radius 3 is 3.25 bits per heavy atom. The van der Waals surface area contributed by atoms with E-state index in [0.717, 1.165) is 16.6 Å². The molecule has 0 saturated carbocycles. The molecule has 1 atom stereocenters. The lowest BCUT2D eigenvalue weighted by molar-refractivity contribution is 0.145. The van der Waals surface area contributed by atoms with Gasteiger partial charge in [-0.1, -0.05) is 11.2 Å². The summed E-state index contributed by atoms with van der Waals surface area (Å²) in [7, 11) is 0. The molecule has 20 heavy (non-hydrogen) atoms. The normalized spacial score (nSPS) is 17.9. The number of nitrogens with zero attached hydrogens (tertiary/aromatic N) is 5. The van der Waals surface area contributed by atoms with Gasteiger partial charge in [0.2, 0.25) is 0 Å². The third-order valence-corrected chi connectivity index (χ3v) is 3.12. The Labute approximate surface area is 114 Å². The molecule has 0 bridgehead atoms. The van der Waals surface area contributed by atoms with Crippen molar-refractivity contribution in [1.82, 2.24) is 4.98 Å². The van der Waals surface area contributed by atoms with E-state index in [9.17, 15) is 4.79 Å². The molecule has 7 nitrogen and oxygen atoms in total.